The zero-order chi connectivity index (χ0) is 15.3. The van der Waals surface area contributed by atoms with Gasteiger partial charge in [-0.3, -0.25) is 4.99 Å². The highest BCUT2D eigenvalue weighted by atomic mass is 16.6. The number of piperidine rings is 1. The van der Waals surface area contributed by atoms with Gasteiger partial charge in [-0.05, 0) is 32.6 Å². The average molecular weight is 298 g/mol. The molecule has 0 radical (unpaired) electrons. The number of carbonyl (C=O) groups is 1. The molecule has 0 atom stereocenters. The van der Waals surface area contributed by atoms with Gasteiger partial charge in [0.2, 0.25) is 0 Å². The Kier molecular flexibility index (Phi) is 5.27. The van der Waals surface area contributed by atoms with E-state index in [0.29, 0.717) is 32.2 Å². The molecular weight excluding hydrogens is 272 g/mol. The molecule has 4 N–H and O–H groups in total. The first-order valence-corrected chi connectivity index (χ1v) is 7.67. The molecule has 2 aliphatic rings. The van der Waals surface area contributed by atoms with Gasteiger partial charge in [-0.1, -0.05) is 0 Å². The lowest BCUT2D eigenvalue weighted by Gasteiger charge is -2.31. The standard InChI is InChI=1S/C14H26N4O3/c1-2-21-13(20)18-7-3-11(4-8-18)17-12(15)16-9-14(10-19)5-6-14/h11,19H,2-10H2,1H3,(H3,15,16,17). The van der Waals surface area contributed by atoms with E-state index < -0.39 is 0 Å². The van der Waals surface area contributed by atoms with Crippen LogP contribution in [0.2, 0.25) is 0 Å². The van der Waals surface area contributed by atoms with Crippen LogP contribution in [0.25, 0.3) is 0 Å². The van der Waals surface area contributed by atoms with Crippen molar-refractivity contribution in [3.63, 3.8) is 0 Å². The van der Waals surface area contributed by atoms with E-state index >= 15 is 0 Å². The molecule has 0 bridgehead atoms. The van der Waals surface area contributed by atoms with Gasteiger partial charge < -0.3 is 25.8 Å². The molecule has 2 rings (SSSR count). The van der Waals surface area contributed by atoms with Crippen molar-refractivity contribution in [2.45, 2.75) is 38.6 Å². The number of hydrogen-bond acceptors (Lipinski definition) is 4. The van der Waals surface area contributed by atoms with E-state index in [1.165, 1.54) is 0 Å². The molecule has 0 aromatic rings. The van der Waals surface area contributed by atoms with Gasteiger partial charge in [-0.2, -0.15) is 0 Å². The van der Waals surface area contributed by atoms with Crippen LogP contribution in [0.5, 0.6) is 0 Å². The van der Waals surface area contributed by atoms with Crippen LogP contribution in [0.1, 0.15) is 32.6 Å². The molecule has 0 aromatic carbocycles. The summed E-state index contributed by atoms with van der Waals surface area (Å²) in [4.78, 5) is 17.6. The Morgan fingerprint density at radius 2 is 2.14 bits per heavy atom. The molecule has 0 unspecified atom stereocenters. The Balaban J connectivity index is 1.70. The quantitative estimate of drug-likeness (QED) is 0.500. The maximum atomic E-state index is 11.6. The second-order valence-electron chi connectivity index (χ2n) is 5.96. The van der Waals surface area contributed by atoms with Gasteiger partial charge in [0, 0.05) is 24.5 Å². The lowest BCUT2D eigenvalue weighted by atomic mass is 10.1. The number of nitrogens with zero attached hydrogens (tertiary/aromatic N) is 2. The molecule has 1 saturated carbocycles. The number of rotatable bonds is 5. The first-order valence-electron chi connectivity index (χ1n) is 7.67. The summed E-state index contributed by atoms with van der Waals surface area (Å²) in [5, 5.41) is 12.4. The van der Waals surface area contributed by atoms with Crippen molar-refractivity contribution in [2.24, 2.45) is 16.1 Å². The van der Waals surface area contributed by atoms with E-state index in [-0.39, 0.29) is 24.2 Å². The number of amides is 1. The SMILES string of the molecule is CCOC(=O)N1CCC(NC(N)=NCC2(CO)CC2)CC1. The first kappa shape index (κ1) is 15.9. The van der Waals surface area contributed by atoms with E-state index in [9.17, 15) is 9.90 Å². The predicted molar refractivity (Wildman–Crippen MR) is 80.0 cm³/mol. The molecule has 21 heavy (non-hydrogen) atoms. The molecular formula is C14H26N4O3. The smallest absolute Gasteiger partial charge is 0.409 e. The largest absolute Gasteiger partial charge is 0.450 e. The van der Waals surface area contributed by atoms with Crippen LogP contribution in [0.4, 0.5) is 4.79 Å². The van der Waals surface area contributed by atoms with Gasteiger partial charge in [-0.25, -0.2) is 4.79 Å². The zero-order valence-electron chi connectivity index (χ0n) is 12.7. The molecule has 0 aromatic heterocycles. The fraction of sp³-hybridized carbons (Fsp3) is 0.857. The molecule has 2 fully saturated rings. The highest BCUT2D eigenvalue weighted by Crippen LogP contribution is 2.45. The summed E-state index contributed by atoms with van der Waals surface area (Å²) in [6, 6.07) is 0.240. The molecule has 0 spiro atoms. The fourth-order valence-electron chi connectivity index (χ4n) is 2.47. The number of hydrogen-bond donors (Lipinski definition) is 3. The molecule has 120 valence electrons. The van der Waals surface area contributed by atoms with Crippen LogP contribution in [-0.4, -0.2) is 60.9 Å². The molecule has 1 aliphatic carbocycles. The molecule has 7 nitrogen and oxygen atoms in total. The minimum atomic E-state index is -0.240. The summed E-state index contributed by atoms with van der Waals surface area (Å²) in [6.07, 6.45) is 3.48. The van der Waals surface area contributed by atoms with Gasteiger partial charge in [0.1, 0.15) is 0 Å². The maximum Gasteiger partial charge on any atom is 0.409 e. The lowest BCUT2D eigenvalue weighted by Crippen LogP contribution is -2.48. The van der Waals surface area contributed by atoms with Crippen LogP contribution in [0.15, 0.2) is 4.99 Å². The molecule has 1 amide bonds. The van der Waals surface area contributed by atoms with Gasteiger partial charge in [-0.15, -0.1) is 0 Å². The van der Waals surface area contributed by atoms with E-state index in [1.807, 2.05) is 6.92 Å². The Hall–Kier alpha value is -1.50. The number of aliphatic hydroxyl groups is 1. The van der Waals surface area contributed by atoms with E-state index in [4.69, 9.17) is 10.5 Å². The summed E-state index contributed by atoms with van der Waals surface area (Å²) in [7, 11) is 0. The summed E-state index contributed by atoms with van der Waals surface area (Å²) >= 11 is 0. The van der Waals surface area contributed by atoms with Crippen molar-refractivity contribution >= 4 is 12.1 Å². The van der Waals surface area contributed by atoms with Crippen molar-refractivity contribution in [3.8, 4) is 0 Å². The van der Waals surface area contributed by atoms with Gasteiger partial charge in [0.25, 0.3) is 0 Å². The number of ether oxygens (including phenoxy) is 1. The summed E-state index contributed by atoms with van der Waals surface area (Å²) < 4.78 is 4.99. The minimum Gasteiger partial charge on any atom is -0.450 e. The Bertz CT molecular complexity index is 388. The monoisotopic (exact) mass is 298 g/mol. The third-order valence-corrected chi connectivity index (χ3v) is 4.25. The number of aliphatic imine (C=N–C) groups is 1. The predicted octanol–water partition coefficient (Wildman–Crippen LogP) is 0.284. The minimum absolute atomic E-state index is 0.0143. The molecule has 1 saturated heterocycles. The summed E-state index contributed by atoms with van der Waals surface area (Å²) in [5.41, 5.74) is 5.87. The van der Waals surface area contributed by atoms with Crippen LogP contribution in [-0.2, 0) is 4.74 Å². The second-order valence-corrected chi connectivity index (χ2v) is 5.96. The maximum absolute atomic E-state index is 11.6. The highest BCUT2D eigenvalue weighted by Gasteiger charge is 2.41. The lowest BCUT2D eigenvalue weighted by molar-refractivity contribution is 0.0963. The van der Waals surface area contributed by atoms with Crippen LogP contribution in [0.3, 0.4) is 0 Å². The summed E-state index contributed by atoms with van der Waals surface area (Å²) in [6.45, 7) is 4.33. The number of guanidine groups is 1. The summed E-state index contributed by atoms with van der Waals surface area (Å²) in [5.74, 6) is 0.435. The van der Waals surface area contributed by atoms with Crippen molar-refractivity contribution in [1.29, 1.82) is 0 Å². The van der Waals surface area contributed by atoms with E-state index in [0.717, 1.165) is 25.7 Å². The van der Waals surface area contributed by atoms with Gasteiger partial charge in [0.15, 0.2) is 5.96 Å². The van der Waals surface area contributed by atoms with Gasteiger partial charge >= 0.3 is 6.09 Å². The van der Waals surface area contributed by atoms with Crippen LogP contribution >= 0.6 is 0 Å². The molecule has 1 heterocycles. The molecule has 1 aliphatic heterocycles. The van der Waals surface area contributed by atoms with Crippen molar-refractivity contribution in [3.05, 3.63) is 0 Å². The van der Waals surface area contributed by atoms with Crippen LogP contribution < -0.4 is 11.1 Å². The Morgan fingerprint density at radius 1 is 1.48 bits per heavy atom. The Morgan fingerprint density at radius 3 is 2.67 bits per heavy atom. The fourth-order valence-corrected chi connectivity index (χ4v) is 2.47. The normalized spacial score (nSPS) is 22.0. The van der Waals surface area contributed by atoms with E-state index in [1.54, 1.807) is 4.90 Å². The number of carbonyl (C=O) groups excluding carboxylic acids is 1. The number of aliphatic hydroxyl groups excluding tert-OH is 1. The van der Waals surface area contributed by atoms with Gasteiger partial charge in [0.05, 0.1) is 19.8 Å². The zero-order valence-corrected chi connectivity index (χ0v) is 12.7. The highest BCUT2D eigenvalue weighted by molar-refractivity contribution is 5.78. The van der Waals surface area contributed by atoms with Crippen LogP contribution in [0, 0.1) is 5.41 Å². The number of likely N-dealkylation sites (tertiary alicyclic amines) is 1. The van der Waals surface area contributed by atoms with Crippen molar-refractivity contribution < 1.29 is 14.6 Å². The topological polar surface area (TPSA) is 100 Å². The molecule has 7 heteroatoms. The van der Waals surface area contributed by atoms with E-state index in [2.05, 4.69) is 10.3 Å². The second kappa shape index (κ2) is 6.98. The van der Waals surface area contributed by atoms with Crippen molar-refractivity contribution in [1.82, 2.24) is 10.2 Å². The Labute approximate surface area is 125 Å². The third-order valence-electron chi connectivity index (χ3n) is 4.25. The third kappa shape index (κ3) is 4.49. The first-order chi connectivity index (χ1) is 10.1. The van der Waals surface area contributed by atoms with Crippen molar-refractivity contribution in [2.75, 3.05) is 32.8 Å². The number of nitrogens with one attached hydrogen (secondary N) is 1. The average Bonchev–Trinajstić information content (AvgIpc) is 3.27. The number of nitrogens with two attached hydrogens (primary N) is 1.